The van der Waals surface area contributed by atoms with Gasteiger partial charge in [-0.2, -0.15) is 0 Å². The molecule has 0 saturated carbocycles. The van der Waals surface area contributed by atoms with E-state index in [1.165, 1.54) is 6.08 Å². The largest absolute Gasteiger partial charge is 0.488 e. The molecule has 0 saturated heterocycles. The molecule has 0 fully saturated rings. The average Bonchev–Trinajstić information content (AvgIpc) is 2.28. The Kier molecular flexibility index (Phi) is 5.57. The molecule has 1 atom stereocenters. The van der Waals surface area contributed by atoms with E-state index in [1.807, 2.05) is 12.1 Å². The maximum Gasteiger partial charge on any atom is 0.330 e. The summed E-state index contributed by atoms with van der Waals surface area (Å²) in [6.07, 6.45) is 2.67. The van der Waals surface area contributed by atoms with E-state index in [-0.39, 0.29) is 18.7 Å². The fraction of sp³-hybridized carbons (Fsp3) is 0.308. The first-order valence-corrected chi connectivity index (χ1v) is 5.72. The fourth-order valence-corrected chi connectivity index (χ4v) is 1.37. The lowest BCUT2D eigenvalue weighted by Crippen LogP contribution is -2.21. The number of benzene rings is 1. The molecule has 0 radical (unpaired) electrons. The fourth-order valence-electron chi connectivity index (χ4n) is 1.18. The number of hydrogen-bond acceptors (Lipinski definition) is 3. The molecule has 4 heteroatoms. The second-order valence-electron chi connectivity index (χ2n) is 3.49. The topological polar surface area (TPSA) is 35.5 Å². The molecule has 1 aromatic carbocycles. The minimum atomic E-state index is -0.372. The van der Waals surface area contributed by atoms with Gasteiger partial charge < -0.3 is 9.47 Å². The molecule has 1 aromatic rings. The van der Waals surface area contributed by atoms with E-state index in [2.05, 4.69) is 0 Å². The number of rotatable bonds is 5. The van der Waals surface area contributed by atoms with E-state index < -0.39 is 0 Å². The molecule has 92 valence electrons. The quantitative estimate of drug-likeness (QED) is 0.598. The lowest BCUT2D eigenvalue weighted by molar-refractivity contribution is -0.143. The normalized spacial score (nSPS) is 12.4. The standard InChI is InChI=1S/C13H15ClO3/c1-3-6-13(15)17-10(2)9-16-12-8-5-4-7-11(12)14/h3-8,10H,9H2,1-2H3/b6-3+/t10-/m0/s1. The number of carbonyl (C=O) groups excluding carboxylic acids is 1. The zero-order chi connectivity index (χ0) is 12.7. The monoisotopic (exact) mass is 254 g/mol. The molecule has 0 aliphatic carbocycles. The second kappa shape index (κ2) is 6.97. The maximum atomic E-state index is 11.1. The molecule has 0 bridgehead atoms. The molecule has 0 amide bonds. The van der Waals surface area contributed by atoms with Crippen LogP contribution in [0.1, 0.15) is 13.8 Å². The van der Waals surface area contributed by atoms with Crippen molar-refractivity contribution in [2.24, 2.45) is 0 Å². The van der Waals surface area contributed by atoms with Crippen molar-refractivity contribution in [2.45, 2.75) is 20.0 Å². The predicted molar refractivity (Wildman–Crippen MR) is 67.3 cm³/mol. The summed E-state index contributed by atoms with van der Waals surface area (Å²) in [6.45, 7) is 3.79. The lowest BCUT2D eigenvalue weighted by Gasteiger charge is -2.13. The van der Waals surface area contributed by atoms with Crippen LogP contribution < -0.4 is 4.74 Å². The van der Waals surface area contributed by atoms with E-state index >= 15 is 0 Å². The molecular weight excluding hydrogens is 240 g/mol. The van der Waals surface area contributed by atoms with Crippen molar-refractivity contribution < 1.29 is 14.3 Å². The van der Waals surface area contributed by atoms with Gasteiger partial charge in [0, 0.05) is 6.08 Å². The van der Waals surface area contributed by atoms with Gasteiger partial charge in [0.15, 0.2) is 0 Å². The Balaban J connectivity index is 2.41. The van der Waals surface area contributed by atoms with Crippen LogP contribution >= 0.6 is 11.6 Å². The summed E-state index contributed by atoms with van der Waals surface area (Å²) in [5.74, 6) is 0.214. The first-order valence-electron chi connectivity index (χ1n) is 5.34. The van der Waals surface area contributed by atoms with Gasteiger partial charge in [0.1, 0.15) is 18.5 Å². The molecule has 0 unspecified atom stereocenters. The Hall–Kier alpha value is -1.48. The van der Waals surface area contributed by atoms with Crippen LogP contribution in [0.2, 0.25) is 5.02 Å². The Morgan fingerprint density at radius 2 is 2.18 bits per heavy atom. The van der Waals surface area contributed by atoms with Crippen LogP contribution in [-0.4, -0.2) is 18.7 Å². The summed E-state index contributed by atoms with van der Waals surface area (Å²) in [5.41, 5.74) is 0. The highest BCUT2D eigenvalue weighted by atomic mass is 35.5. The summed E-state index contributed by atoms with van der Waals surface area (Å²) < 4.78 is 10.5. The third-order valence-corrected chi connectivity index (χ3v) is 2.24. The van der Waals surface area contributed by atoms with Crippen molar-refractivity contribution in [3.63, 3.8) is 0 Å². The summed E-state index contributed by atoms with van der Waals surface area (Å²) >= 11 is 5.92. The predicted octanol–water partition coefficient (Wildman–Crippen LogP) is 3.23. The van der Waals surface area contributed by atoms with E-state index in [0.717, 1.165) is 0 Å². The van der Waals surface area contributed by atoms with Crippen LogP contribution in [0.25, 0.3) is 0 Å². The smallest absolute Gasteiger partial charge is 0.330 e. The average molecular weight is 255 g/mol. The van der Waals surface area contributed by atoms with Crippen molar-refractivity contribution in [3.05, 3.63) is 41.4 Å². The van der Waals surface area contributed by atoms with Gasteiger partial charge in [-0.05, 0) is 26.0 Å². The van der Waals surface area contributed by atoms with Crippen molar-refractivity contribution in [3.8, 4) is 5.75 Å². The highest BCUT2D eigenvalue weighted by Crippen LogP contribution is 2.23. The molecule has 0 spiro atoms. The van der Waals surface area contributed by atoms with Crippen LogP contribution in [0, 0.1) is 0 Å². The minimum absolute atomic E-state index is 0.271. The van der Waals surface area contributed by atoms with Crippen molar-refractivity contribution in [1.82, 2.24) is 0 Å². The number of para-hydroxylation sites is 1. The highest BCUT2D eigenvalue weighted by Gasteiger charge is 2.08. The molecule has 0 aliphatic rings. The molecule has 0 aromatic heterocycles. The summed E-state index contributed by atoms with van der Waals surface area (Å²) in [5, 5.41) is 0.541. The number of allylic oxidation sites excluding steroid dienone is 1. The Bertz CT molecular complexity index is 401. The second-order valence-corrected chi connectivity index (χ2v) is 3.90. The van der Waals surface area contributed by atoms with Gasteiger partial charge in [-0.25, -0.2) is 4.79 Å². The van der Waals surface area contributed by atoms with Gasteiger partial charge in [0.2, 0.25) is 0 Å². The number of carbonyl (C=O) groups is 1. The molecular formula is C13H15ClO3. The summed E-state index contributed by atoms with van der Waals surface area (Å²) in [6, 6.07) is 7.17. The highest BCUT2D eigenvalue weighted by molar-refractivity contribution is 6.32. The first-order chi connectivity index (χ1) is 8.13. The van der Waals surface area contributed by atoms with Crippen LogP contribution in [-0.2, 0) is 9.53 Å². The van der Waals surface area contributed by atoms with Crippen LogP contribution in [0.5, 0.6) is 5.75 Å². The first kappa shape index (κ1) is 13.6. The lowest BCUT2D eigenvalue weighted by atomic mass is 10.3. The van der Waals surface area contributed by atoms with Gasteiger partial charge in [-0.3, -0.25) is 0 Å². The maximum absolute atomic E-state index is 11.1. The van der Waals surface area contributed by atoms with Gasteiger partial charge in [-0.1, -0.05) is 29.8 Å². The Labute approximate surface area is 106 Å². The SMILES string of the molecule is C/C=C/C(=O)O[C@@H](C)COc1ccccc1Cl. The van der Waals surface area contributed by atoms with Crippen LogP contribution in [0.3, 0.4) is 0 Å². The minimum Gasteiger partial charge on any atom is -0.488 e. The van der Waals surface area contributed by atoms with Crippen molar-refractivity contribution in [2.75, 3.05) is 6.61 Å². The molecule has 0 N–H and O–H groups in total. The molecule has 0 aliphatic heterocycles. The van der Waals surface area contributed by atoms with Crippen molar-refractivity contribution in [1.29, 1.82) is 0 Å². The van der Waals surface area contributed by atoms with E-state index in [4.69, 9.17) is 21.1 Å². The number of halogens is 1. The Morgan fingerprint density at radius 3 is 2.82 bits per heavy atom. The zero-order valence-electron chi connectivity index (χ0n) is 9.85. The van der Waals surface area contributed by atoms with Gasteiger partial charge >= 0.3 is 5.97 Å². The van der Waals surface area contributed by atoms with Crippen LogP contribution in [0.15, 0.2) is 36.4 Å². The van der Waals surface area contributed by atoms with Crippen LogP contribution in [0.4, 0.5) is 0 Å². The van der Waals surface area contributed by atoms with Crippen molar-refractivity contribution >= 4 is 17.6 Å². The van der Waals surface area contributed by atoms with Gasteiger partial charge in [0.05, 0.1) is 5.02 Å². The molecule has 0 heterocycles. The summed E-state index contributed by atoms with van der Waals surface area (Å²) in [7, 11) is 0. The molecule has 1 rings (SSSR count). The Morgan fingerprint density at radius 1 is 1.47 bits per heavy atom. The summed E-state index contributed by atoms with van der Waals surface area (Å²) in [4.78, 5) is 11.1. The van der Waals surface area contributed by atoms with Gasteiger partial charge in [-0.15, -0.1) is 0 Å². The third-order valence-electron chi connectivity index (χ3n) is 1.93. The van der Waals surface area contributed by atoms with E-state index in [0.29, 0.717) is 10.8 Å². The third kappa shape index (κ3) is 4.91. The number of ether oxygens (including phenoxy) is 2. The number of esters is 1. The molecule has 17 heavy (non-hydrogen) atoms. The van der Waals surface area contributed by atoms with E-state index in [1.54, 1.807) is 32.1 Å². The van der Waals surface area contributed by atoms with Gasteiger partial charge in [0.25, 0.3) is 0 Å². The number of hydrogen-bond donors (Lipinski definition) is 0. The van der Waals surface area contributed by atoms with E-state index in [9.17, 15) is 4.79 Å². The molecule has 3 nitrogen and oxygen atoms in total. The zero-order valence-corrected chi connectivity index (χ0v) is 10.6.